The molecular formula is C13H19Cl2NO3. The van der Waals surface area contributed by atoms with Gasteiger partial charge in [0.15, 0.2) is 0 Å². The highest BCUT2D eigenvalue weighted by molar-refractivity contribution is 6.35. The fraction of sp³-hybridized carbons (Fsp3) is 0.538. The Bertz CT molecular complexity index is 343. The van der Waals surface area contributed by atoms with E-state index in [1.165, 1.54) is 0 Å². The van der Waals surface area contributed by atoms with Crippen LogP contribution in [0.3, 0.4) is 0 Å². The van der Waals surface area contributed by atoms with Crippen molar-refractivity contribution in [1.29, 1.82) is 0 Å². The summed E-state index contributed by atoms with van der Waals surface area (Å²) in [7, 11) is 1.65. The molecule has 0 spiro atoms. The number of nitrogens with one attached hydrogen (secondary N) is 1. The monoisotopic (exact) mass is 307 g/mol. The topological polar surface area (TPSA) is 39.7 Å². The quantitative estimate of drug-likeness (QED) is 0.674. The van der Waals surface area contributed by atoms with E-state index in [-0.39, 0.29) is 0 Å². The third-order valence-electron chi connectivity index (χ3n) is 2.24. The highest BCUT2D eigenvalue weighted by atomic mass is 35.5. The van der Waals surface area contributed by atoms with E-state index in [2.05, 4.69) is 5.32 Å². The molecule has 1 aromatic rings. The molecule has 0 atom stereocenters. The summed E-state index contributed by atoms with van der Waals surface area (Å²) in [6.45, 7) is 3.64. The number of halogens is 2. The Labute approximate surface area is 123 Å². The van der Waals surface area contributed by atoms with Gasteiger partial charge in [0.25, 0.3) is 0 Å². The Hall–Kier alpha value is -0.520. The maximum atomic E-state index is 5.89. The Morgan fingerprint density at radius 1 is 0.895 bits per heavy atom. The molecule has 108 valence electrons. The molecule has 0 saturated carbocycles. The molecule has 0 aliphatic heterocycles. The van der Waals surface area contributed by atoms with Crippen molar-refractivity contribution in [3.05, 3.63) is 28.2 Å². The van der Waals surface area contributed by atoms with Crippen LogP contribution in [0.15, 0.2) is 18.2 Å². The normalized spacial score (nSPS) is 10.7. The van der Waals surface area contributed by atoms with Crippen molar-refractivity contribution in [3.8, 4) is 0 Å². The fourth-order valence-electron chi connectivity index (χ4n) is 1.39. The molecule has 4 nitrogen and oxygen atoms in total. The summed E-state index contributed by atoms with van der Waals surface area (Å²) in [5.74, 6) is 0. The van der Waals surface area contributed by atoms with E-state index in [0.29, 0.717) is 49.6 Å². The lowest BCUT2D eigenvalue weighted by Gasteiger charge is -2.08. The second-order valence-corrected chi connectivity index (χ2v) is 4.68. The zero-order valence-corrected chi connectivity index (χ0v) is 12.5. The lowest BCUT2D eigenvalue weighted by molar-refractivity contribution is 0.0272. The molecule has 1 N–H and O–H groups in total. The van der Waals surface area contributed by atoms with Gasteiger partial charge in [0, 0.05) is 29.4 Å². The maximum Gasteiger partial charge on any atom is 0.0701 e. The van der Waals surface area contributed by atoms with Gasteiger partial charge < -0.3 is 19.5 Å². The van der Waals surface area contributed by atoms with Gasteiger partial charge in [-0.2, -0.15) is 0 Å². The molecule has 6 heteroatoms. The highest BCUT2D eigenvalue weighted by Crippen LogP contribution is 2.22. The first kappa shape index (κ1) is 16.5. The first-order valence-electron chi connectivity index (χ1n) is 6.07. The zero-order chi connectivity index (χ0) is 13.9. The molecule has 0 unspecified atom stereocenters. The molecular weight excluding hydrogens is 289 g/mol. The van der Waals surface area contributed by atoms with Crippen LogP contribution in [0.25, 0.3) is 0 Å². The van der Waals surface area contributed by atoms with Crippen molar-refractivity contribution in [2.24, 2.45) is 0 Å². The molecule has 1 rings (SSSR count). The fourth-order valence-corrected chi connectivity index (χ4v) is 1.91. The highest BCUT2D eigenvalue weighted by Gasteiger charge is 1.97. The van der Waals surface area contributed by atoms with E-state index in [9.17, 15) is 0 Å². The molecule has 0 aliphatic carbocycles. The summed E-state index contributed by atoms with van der Waals surface area (Å²) in [6, 6.07) is 5.34. The molecule has 19 heavy (non-hydrogen) atoms. The Morgan fingerprint density at radius 2 is 1.47 bits per heavy atom. The summed E-state index contributed by atoms with van der Waals surface area (Å²) in [5, 5.41) is 4.41. The Balaban J connectivity index is 2.01. The van der Waals surface area contributed by atoms with Crippen LogP contribution in [-0.2, 0) is 14.2 Å². The molecule has 0 aromatic heterocycles. The minimum Gasteiger partial charge on any atom is -0.383 e. The molecule has 0 radical (unpaired) electrons. The second-order valence-electron chi connectivity index (χ2n) is 3.80. The van der Waals surface area contributed by atoms with Crippen molar-refractivity contribution in [1.82, 2.24) is 0 Å². The first-order valence-corrected chi connectivity index (χ1v) is 6.82. The predicted molar refractivity (Wildman–Crippen MR) is 78.5 cm³/mol. The van der Waals surface area contributed by atoms with Crippen LogP contribution in [0.4, 0.5) is 5.69 Å². The number of anilines is 1. The van der Waals surface area contributed by atoms with Gasteiger partial charge in [0.05, 0.1) is 33.0 Å². The Morgan fingerprint density at radius 3 is 2.11 bits per heavy atom. The summed E-state index contributed by atoms with van der Waals surface area (Å²) >= 11 is 11.8. The molecule has 0 heterocycles. The van der Waals surface area contributed by atoms with Crippen LogP contribution in [0.5, 0.6) is 0 Å². The summed E-state index contributed by atoms with van der Waals surface area (Å²) in [5.41, 5.74) is 0.887. The number of hydrogen-bond acceptors (Lipinski definition) is 4. The SMILES string of the molecule is COCCOCCOCCNc1cc(Cl)cc(Cl)c1. The van der Waals surface area contributed by atoms with Crippen molar-refractivity contribution in [2.45, 2.75) is 0 Å². The predicted octanol–water partition coefficient (Wildman–Crippen LogP) is 3.08. The van der Waals surface area contributed by atoms with Crippen LogP contribution >= 0.6 is 23.2 Å². The number of hydrogen-bond donors (Lipinski definition) is 1. The van der Waals surface area contributed by atoms with Crippen LogP contribution in [0.1, 0.15) is 0 Å². The third-order valence-corrected chi connectivity index (χ3v) is 2.68. The molecule has 0 amide bonds. The number of rotatable bonds is 10. The molecule has 0 bridgehead atoms. The third kappa shape index (κ3) is 8.29. The zero-order valence-electron chi connectivity index (χ0n) is 11.0. The van der Waals surface area contributed by atoms with Crippen molar-refractivity contribution >= 4 is 28.9 Å². The average molecular weight is 308 g/mol. The standard InChI is InChI=1S/C13H19Cl2NO3/c1-17-4-5-19-7-6-18-3-2-16-13-9-11(14)8-12(15)10-13/h8-10,16H,2-7H2,1H3. The van der Waals surface area contributed by atoms with Crippen molar-refractivity contribution in [2.75, 3.05) is 52.0 Å². The van der Waals surface area contributed by atoms with E-state index >= 15 is 0 Å². The summed E-state index contributed by atoms with van der Waals surface area (Å²) in [6.07, 6.45) is 0. The largest absolute Gasteiger partial charge is 0.383 e. The molecule has 0 saturated heterocycles. The van der Waals surface area contributed by atoms with E-state index < -0.39 is 0 Å². The van der Waals surface area contributed by atoms with Gasteiger partial charge in [-0.3, -0.25) is 0 Å². The molecule has 0 aliphatic rings. The second kappa shape index (κ2) is 10.3. The van der Waals surface area contributed by atoms with Gasteiger partial charge in [-0.1, -0.05) is 23.2 Å². The number of ether oxygens (including phenoxy) is 3. The average Bonchev–Trinajstić information content (AvgIpc) is 2.36. The van der Waals surface area contributed by atoms with Crippen LogP contribution in [0, 0.1) is 0 Å². The van der Waals surface area contributed by atoms with Gasteiger partial charge in [0.2, 0.25) is 0 Å². The van der Waals surface area contributed by atoms with Crippen LogP contribution in [0.2, 0.25) is 10.0 Å². The maximum absolute atomic E-state index is 5.89. The Kier molecular flexibility index (Phi) is 8.95. The van der Waals surface area contributed by atoms with Crippen LogP contribution in [-0.4, -0.2) is 46.7 Å². The van der Waals surface area contributed by atoms with Crippen LogP contribution < -0.4 is 5.32 Å². The van der Waals surface area contributed by atoms with Crippen molar-refractivity contribution < 1.29 is 14.2 Å². The van der Waals surface area contributed by atoms with E-state index in [1.807, 2.05) is 12.1 Å². The lowest BCUT2D eigenvalue weighted by Crippen LogP contribution is -2.13. The molecule has 1 aromatic carbocycles. The number of benzene rings is 1. The smallest absolute Gasteiger partial charge is 0.0701 e. The summed E-state index contributed by atoms with van der Waals surface area (Å²) in [4.78, 5) is 0. The number of methoxy groups -OCH3 is 1. The summed E-state index contributed by atoms with van der Waals surface area (Å²) < 4.78 is 15.5. The first-order chi connectivity index (χ1) is 9.22. The van der Waals surface area contributed by atoms with Gasteiger partial charge in [-0.25, -0.2) is 0 Å². The van der Waals surface area contributed by atoms with Gasteiger partial charge >= 0.3 is 0 Å². The lowest BCUT2D eigenvalue weighted by atomic mass is 10.3. The van der Waals surface area contributed by atoms with Gasteiger partial charge in [0.1, 0.15) is 0 Å². The molecule has 0 fully saturated rings. The van der Waals surface area contributed by atoms with E-state index in [4.69, 9.17) is 37.4 Å². The minimum atomic E-state index is 0.571. The minimum absolute atomic E-state index is 0.571. The van der Waals surface area contributed by atoms with Gasteiger partial charge in [-0.05, 0) is 18.2 Å². The van der Waals surface area contributed by atoms with Gasteiger partial charge in [-0.15, -0.1) is 0 Å². The van der Waals surface area contributed by atoms with E-state index in [0.717, 1.165) is 5.69 Å². The van der Waals surface area contributed by atoms with Crippen molar-refractivity contribution in [3.63, 3.8) is 0 Å². The van der Waals surface area contributed by atoms with E-state index in [1.54, 1.807) is 13.2 Å².